The molecule has 3 heterocycles. The van der Waals surface area contributed by atoms with Gasteiger partial charge in [-0.3, -0.25) is 4.79 Å². The zero-order valence-electron chi connectivity index (χ0n) is 11.6. The molecule has 3 rings (SSSR count). The molecule has 0 aromatic carbocycles. The number of oxazole rings is 1. The first-order valence-corrected chi connectivity index (χ1v) is 7.41. The summed E-state index contributed by atoms with van der Waals surface area (Å²) in [7, 11) is 0. The van der Waals surface area contributed by atoms with E-state index in [0.29, 0.717) is 30.1 Å². The maximum absolute atomic E-state index is 12.6. The normalized spacial score (nSPS) is 17.6. The van der Waals surface area contributed by atoms with Gasteiger partial charge in [0.05, 0.1) is 5.69 Å². The highest BCUT2D eigenvalue weighted by Gasteiger charge is 2.38. The number of hydrogen-bond acceptors (Lipinski definition) is 5. The Morgan fingerprint density at radius 1 is 1.48 bits per heavy atom. The van der Waals surface area contributed by atoms with Crippen LogP contribution in [0, 0.1) is 13.8 Å². The third kappa shape index (κ3) is 2.23. The van der Waals surface area contributed by atoms with Crippen molar-refractivity contribution in [3.63, 3.8) is 0 Å². The van der Waals surface area contributed by atoms with Crippen LogP contribution in [-0.2, 0) is 11.2 Å². The van der Waals surface area contributed by atoms with Crippen LogP contribution in [0.5, 0.6) is 0 Å². The monoisotopic (exact) mass is 306 g/mol. The molecule has 0 fully saturated rings. The Balaban J connectivity index is 2.00. The maximum atomic E-state index is 12.6. The van der Waals surface area contributed by atoms with Crippen LogP contribution in [0.3, 0.4) is 0 Å². The number of thiophene rings is 1. The Morgan fingerprint density at radius 2 is 2.24 bits per heavy atom. The first-order chi connectivity index (χ1) is 9.99. The lowest BCUT2D eigenvalue weighted by molar-refractivity contribution is -0.143. The van der Waals surface area contributed by atoms with Crippen molar-refractivity contribution in [1.82, 2.24) is 9.88 Å². The second-order valence-electron chi connectivity index (χ2n) is 4.94. The summed E-state index contributed by atoms with van der Waals surface area (Å²) in [6.45, 7) is 3.70. The molecule has 1 atom stereocenters. The highest BCUT2D eigenvalue weighted by atomic mass is 32.1. The number of carbonyl (C=O) groups excluding carboxylic acids is 1. The number of fused-ring (bicyclic) bond motifs is 1. The third-order valence-electron chi connectivity index (χ3n) is 3.56. The van der Waals surface area contributed by atoms with E-state index < -0.39 is 17.9 Å². The molecule has 7 heteroatoms. The van der Waals surface area contributed by atoms with Crippen molar-refractivity contribution < 1.29 is 19.1 Å². The molecule has 21 heavy (non-hydrogen) atoms. The van der Waals surface area contributed by atoms with E-state index in [1.807, 2.05) is 5.38 Å². The first kappa shape index (κ1) is 13.8. The highest BCUT2D eigenvalue weighted by molar-refractivity contribution is 7.10. The number of rotatable bonds is 2. The van der Waals surface area contributed by atoms with Crippen LogP contribution in [0.1, 0.15) is 38.6 Å². The number of nitrogens with zero attached hydrogens (tertiary/aromatic N) is 2. The van der Waals surface area contributed by atoms with Gasteiger partial charge in [0.25, 0.3) is 5.91 Å². The molecular weight excluding hydrogens is 292 g/mol. The Hall–Kier alpha value is -2.15. The van der Waals surface area contributed by atoms with Crippen LogP contribution in [0.25, 0.3) is 0 Å². The first-order valence-electron chi connectivity index (χ1n) is 6.53. The lowest BCUT2D eigenvalue weighted by Gasteiger charge is -2.32. The van der Waals surface area contributed by atoms with Gasteiger partial charge in [-0.2, -0.15) is 0 Å². The number of aliphatic carboxylic acids is 1. The van der Waals surface area contributed by atoms with Gasteiger partial charge in [-0.05, 0) is 30.4 Å². The van der Waals surface area contributed by atoms with Gasteiger partial charge >= 0.3 is 5.97 Å². The minimum absolute atomic E-state index is 0.123. The number of carbonyl (C=O) groups is 2. The predicted molar refractivity (Wildman–Crippen MR) is 75.4 cm³/mol. The number of amides is 1. The molecular formula is C14H14N2O4S. The number of carboxylic acids is 1. The molecule has 0 saturated heterocycles. The van der Waals surface area contributed by atoms with Gasteiger partial charge in [0, 0.05) is 18.3 Å². The average Bonchev–Trinajstić information content (AvgIpc) is 3.02. The fourth-order valence-corrected chi connectivity index (χ4v) is 3.57. The molecule has 2 aromatic rings. The summed E-state index contributed by atoms with van der Waals surface area (Å²) in [6.07, 6.45) is 0.661. The molecule has 0 spiro atoms. The molecule has 2 aromatic heterocycles. The Morgan fingerprint density at radius 3 is 2.86 bits per heavy atom. The van der Waals surface area contributed by atoms with Crippen molar-refractivity contribution in [3.05, 3.63) is 39.2 Å². The van der Waals surface area contributed by atoms with Gasteiger partial charge < -0.3 is 14.4 Å². The number of aromatic nitrogens is 1. The summed E-state index contributed by atoms with van der Waals surface area (Å²) >= 11 is 1.53. The second kappa shape index (κ2) is 5.00. The van der Waals surface area contributed by atoms with Crippen molar-refractivity contribution in [2.45, 2.75) is 26.3 Å². The molecule has 6 nitrogen and oxygen atoms in total. The minimum atomic E-state index is -1.03. The smallest absolute Gasteiger partial charge is 0.331 e. The van der Waals surface area contributed by atoms with Gasteiger partial charge in [0.1, 0.15) is 0 Å². The van der Waals surface area contributed by atoms with Gasteiger partial charge in [-0.25, -0.2) is 9.78 Å². The van der Waals surface area contributed by atoms with E-state index in [1.54, 1.807) is 19.9 Å². The van der Waals surface area contributed by atoms with E-state index in [1.165, 1.54) is 16.2 Å². The summed E-state index contributed by atoms with van der Waals surface area (Å²) in [5.41, 5.74) is 1.18. The molecule has 0 radical (unpaired) electrons. The van der Waals surface area contributed by atoms with E-state index in [2.05, 4.69) is 4.98 Å². The van der Waals surface area contributed by atoms with E-state index in [0.717, 1.165) is 4.88 Å². The van der Waals surface area contributed by atoms with Crippen LogP contribution in [0.2, 0.25) is 0 Å². The number of aryl methyl sites for hydroxylation is 2. The molecule has 1 aliphatic rings. The largest absolute Gasteiger partial charge is 0.479 e. The molecule has 110 valence electrons. The molecule has 0 saturated carbocycles. The van der Waals surface area contributed by atoms with Crippen LogP contribution >= 0.6 is 11.3 Å². The quantitative estimate of drug-likeness (QED) is 0.919. The summed E-state index contributed by atoms with van der Waals surface area (Å²) in [5, 5.41) is 11.4. The SMILES string of the molecule is Cc1nc(C)c(C(=O)N2CCc3sccc3C2C(=O)O)o1. The van der Waals surface area contributed by atoms with Crippen molar-refractivity contribution in [2.24, 2.45) is 0 Å². The summed E-state index contributed by atoms with van der Waals surface area (Å²) in [6, 6.07) is 0.814. The number of carboxylic acid groups (broad SMARTS) is 1. The standard InChI is InChI=1S/C14H14N2O4S/c1-7-12(20-8(2)15-7)13(17)16-5-3-10-9(4-6-21-10)11(16)14(18)19/h4,6,11H,3,5H2,1-2H3,(H,18,19). The van der Waals surface area contributed by atoms with Crippen LogP contribution in [-0.4, -0.2) is 33.4 Å². The van der Waals surface area contributed by atoms with Crippen LogP contribution < -0.4 is 0 Å². The third-order valence-corrected chi connectivity index (χ3v) is 4.55. The predicted octanol–water partition coefficient (Wildman–Crippen LogP) is 2.18. The van der Waals surface area contributed by atoms with Crippen molar-refractivity contribution in [2.75, 3.05) is 6.54 Å². The van der Waals surface area contributed by atoms with Crippen molar-refractivity contribution in [3.8, 4) is 0 Å². The topological polar surface area (TPSA) is 83.6 Å². The Kier molecular flexibility index (Phi) is 3.29. The van der Waals surface area contributed by atoms with Crippen LogP contribution in [0.4, 0.5) is 0 Å². The lowest BCUT2D eigenvalue weighted by atomic mass is 9.99. The van der Waals surface area contributed by atoms with Gasteiger partial charge in [0.2, 0.25) is 5.76 Å². The highest BCUT2D eigenvalue weighted by Crippen LogP contribution is 2.34. The average molecular weight is 306 g/mol. The Bertz CT molecular complexity index is 718. The summed E-state index contributed by atoms with van der Waals surface area (Å²) in [4.78, 5) is 30.7. The lowest BCUT2D eigenvalue weighted by Crippen LogP contribution is -2.43. The van der Waals surface area contributed by atoms with E-state index in [4.69, 9.17) is 4.42 Å². The van der Waals surface area contributed by atoms with Gasteiger partial charge in [0.15, 0.2) is 11.9 Å². The van der Waals surface area contributed by atoms with Crippen molar-refractivity contribution >= 4 is 23.2 Å². The molecule has 0 bridgehead atoms. The fraction of sp³-hybridized carbons (Fsp3) is 0.357. The molecule has 0 aliphatic carbocycles. The van der Waals surface area contributed by atoms with Crippen LogP contribution in [0.15, 0.2) is 15.9 Å². The van der Waals surface area contributed by atoms with E-state index >= 15 is 0 Å². The molecule has 1 N–H and O–H groups in total. The zero-order valence-corrected chi connectivity index (χ0v) is 12.4. The minimum Gasteiger partial charge on any atom is -0.479 e. The zero-order chi connectivity index (χ0) is 15.1. The van der Waals surface area contributed by atoms with Gasteiger partial charge in [-0.15, -0.1) is 11.3 Å². The van der Waals surface area contributed by atoms with Crippen molar-refractivity contribution in [1.29, 1.82) is 0 Å². The van der Waals surface area contributed by atoms with E-state index in [-0.39, 0.29) is 5.76 Å². The molecule has 1 unspecified atom stereocenters. The second-order valence-corrected chi connectivity index (χ2v) is 5.94. The number of hydrogen-bond donors (Lipinski definition) is 1. The Labute approximate surface area is 125 Å². The molecule has 1 amide bonds. The summed E-state index contributed by atoms with van der Waals surface area (Å²) < 4.78 is 5.33. The summed E-state index contributed by atoms with van der Waals surface area (Å²) in [5.74, 6) is -0.928. The maximum Gasteiger partial charge on any atom is 0.331 e. The van der Waals surface area contributed by atoms with Gasteiger partial charge in [-0.1, -0.05) is 0 Å². The fourth-order valence-electron chi connectivity index (χ4n) is 2.66. The molecule has 1 aliphatic heterocycles. The van der Waals surface area contributed by atoms with E-state index in [9.17, 15) is 14.7 Å².